The summed E-state index contributed by atoms with van der Waals surface area (Å²) >= 11 is 0. The number of hydrogen-bond donors (Lipinski definition) is 1. The van der Waals surface area contributed by atoms with Crippen molar-refractivity contribution in [3.8, 4) is 0 Å². The summed E-state index contributed by atoms with van der Waals surface area (Å²) in [6.45, 7) is 4.18. The first-order valence-corrected chi connectivity index (χ1v) is 8.07. The first kappa shape index (κ1) is 17.0. The Morgan fingerprint density at radius 2 is 1.80 bits per heavy atom. The topological polar surface area (TPSA) is 69.2 Å². The van der Waals surface area contributed by atoms with Crippen LogP contribution in [0.2, 0.25) is 0 Å². The third-order valence-electron chi connectivity index (χ3n) is 4.28. The summed E-state index contributed by atoms with van der Waals surface area (Å²) in [4.78, 5) is 23.3. The second kappa shape index (κ2) is 8.98. The van der Waals surface area contributed by atoms with Crippen molar-refractivity contribution in [2.75, 3.05) is 0 Å². The van der Waals surface area contributed by atoms with E-state index >= 15 is 0 Å². The highest BCUT2D eigenvalue weighted by Crippen LogP contribution is 2.30. The van der Waals surface area contributed by atoms with E-state index in [1.54, 1.807) is 0 Å². The fourth-order valence-corrected chi connectivity index (χ4v) is 3.03. The van der Waals surface area contributed by atoms with Crippen LogP contribution >= 0.6 is 0 Å². The summed E-state index contributed by atoms with van der Waals surface area (Å²) in [6.07, 6.45) is 8.78. The predicted octanol–water partition coefficient (Wildman–Crippen LogP) is 2.02. The van der Waals surface area contributed by atoms with Crippen LogP contribution in [-0.4, -0.2) is 17.9 Å². The SMILES string of the molecule is CCCCCC[C@@H](C)NC(=O)[C@@H]1CCCC[C@@H]1C(=O)[O-]. The van der Waals surface area contributed by atoms with E-state index in [0.717, 1.165) is 25.7 Å². The van der Waals surface area contributed by atoms with Gasteiger partial charge in [0.15, 0.2) is 0 Å². The molecule has 3 atom stereocenters. The lowest BCUT2D eigenvalue weighted by atomic mass is 9.78. The van der Waals surface area contributed by atoms with E-state index in [1.807, 2.05) is 6.92 Å². The zero-order valence-corrected chi connectivity index (χ0v) is 12.8. The second-order valence-corrected chi connectivity index (χ2v) is 6.08. The zero-order valence-electron chi connectivity index (χ0n) is 12.8. The third kappa shape index (κ3) is 5.51. The summed E-state index contributed by atoms with van der Waals surface area (Å²) in [6, 6.07) is 0.128. The number of carboxylic acid groups (broad SMARTS) is 1. The maximum absolute atomic E-state index is 12.2. The number of rotatable bonds is 8. The van der Waals surface area contributed by atoms with Crippen LogP contribution in [0, 0.1) is 11.8 Å². The summed E-state index contributed by atoms with van der Waals surface area (Å²) in [5.74, 6) is -2.16. The van der Waals surface area contributed by atoms with Gasteiger partial charge in [-0.05, 0) is 26.2 Å². The molecule has 0 saturated heterocycles. The average molecular weight is 282 g/mol. The van der Waals surface area contributed by atoms with Gasteiger partial charge in [-0.15, -0.1) is 0 Å². The molecule has 0 aromatic carbocycles. The van der Waals surface area contributed by atoms with Gasteiger partial charge < -0.3 is 15.2 Å². The van der Waals surface area contributed by atoms with Gasteiger partial charge in [0.1, 0.15) is 0 Å². The number of aliphatic carboxylic acids is 1. The number of unbranched alkanes of at least 4 members (excludes halogenated alkanes) is 3. The van der Waals surface area contributed by atoms with Crippen LogP contribution in [0.3, 0.4) is 0 Å². The number of nitrogens with one attached hydrogen (secondary N) is 1. The van der Waals surface area contributed by atoms with E-state index in [9.17, 15) is 14.7 Å². The summed E-state index contributed by atoms with van der Waals surface area (Å²) in [7, 11) is 0. The molecule has 4 nitrogen and oxygen atoms in total. The molecule has 0 aliphatic heterocycles. The highest BCUT2D eigenvalue weighted by atomic mass is 16.4. The molecule has 1 amide bonds. The van der Waals surface area contributed by atoms with Crippen LogP contribution in [0.15, 0.2) is 0 Å². The average Bonchev–Trinajstić information content (AvgIpc) is 2.43. The molecular weight excluding hydrogens is 254 g/mol. The summed E-state index contributed by atoms with van der Waals surface area (Å²) < 4.78 is 0. The van der Waals surface area contributed by atoms with Gasteiger partial charge in [-0.25, -0.2) is 0 Å². The third-order valence-corrected chi connectivity index (χ3v) is 4.28. The van der Waals surface area contributed by atoms with Crippen molar-refractivity contribution in [2.24, 2.45) is 11.8 Å². The van der Waals surface area contributed by atoms with Crippen LogP contribution in [0.1, 0.15) is 71.6 Å². The molecule has 1 N–H and O–H groups in total. The van der Waals surface area contributed by atoms with Gasteiger partial charge in [0.2, 0.25) is 5.91 Å². The monoisotopic (exact) mass is 282 g/mol. The number of amides is 1. The Hall–Kier alpha value is -1.06. The van der Waals surface area contributed by atoms with Gasteiger partial charge in [-0.2, -0.15) is 0 Å². The molecule has 4 heteroatoms. The number of carbonyl (C=O) groups excluding carboxylic acids is 2. The highest BCUT2D eigenvalue weighted by molar-refractivity contribution is 5.84. The van der Waals surface area contributed by atoms with E-state index in [1.165, 1.54) is 19.3 Å². The molecule has 0 bridgehead atoms. The summed E-state index contributed by atoms with van der Waals surface area (Å²) in [5, 5.41) is 14.1. The Balaban J connectivity index is 2.37. The molecule has 0 aromatic rings. The highest BCUT2D eigenvalue weighted by Gasteiger charge is 2.32. The Morgan fingerprint density at radius 3 is 2.40 bits per heavy atom. The van der Waals surface area contributed by atoms with Crippen molar-refractivity contribution in [3.63, 3.8) is 0 Å². The summed E-state index contributed by atoms with van der Waals surface area (Å²) in [5.41, 5.74) is 0. The van der Waals surface area contributed by atoms with Crippen LogP contribution < -0.4 is 10.4 Å². The van der Waals surface area contributed by atoms with Gasteiger partial charge >= 0.3 is 0 Å². The van der Waals surface area contributed by atoms with Crippen molar-refractivity contribution >= 4 is 11.9 Å². The van der Waals surface area contributed by atoms with Gasteiger partial charge in [0.25, 0.3) is 0 Å². The largest absolute Gasteiger partial charge is 0.550 e. The maximum Gasteiger partial charge on any atom is 0.223 e. The first-order valence-electron chi connectivity index (χ1n) is 8.07. The van der Waals surface area contributed by atoms with E-state index < -0.39 is 17.8 Å². The van der Waals surface area contributed by atoms with Gasteiger partial charge in [0.05, 0.1) is 0 Å². The van der Waals surface area contributed by atoms with Crippen LogP contribution in [0.5, 0.6) is 0 Å². The fourth-order valence-electron chi connectivity index (χ4n) is 3.03. The molecule has 0 radical (unpaired) electrons. The van der Waals surface area contributed by atoms with Gasteiger partial charge in [-0.3, -0.25) is 4.79 Å². The normalized spacial score (nSPS) is 24.1. The van der Waals surface area contributed by atoms with Crippen LogP contribution in [0.4, 0.5) is 0 Å². The van der Waals surface area contributed by atoms with Gasteiger partial charge in [-0.1, -0.05) is 45.4 Å². The molecule has 0 spiro atoms. The van der Waals surface area contributed by atoms with E-state index in [4.69, 9.17) is 0 Å². The lowest BCUT2D eigenvalue weighted by Crippen LogP contribution is -2.46. The molecule has 20 heavy (non-hydrogen) atoms. The number of carbonyl (C=O) groups is 2. The molecule has 1 fully saturated rings. The Labute approximate surface area is 122 Å². The lowest BCUT2D eigenvalue weighted by molar-refractivity contribution is -0.314. The predicted molar refractivity (Wildman–Crippen MR) is 76.8 cm³/mol. The molecule has 0 heterocycles. The maximum atomic E-state index is 12.2. The van der Waals surface area contributed by atoms with E-state index in [-0.39, 0.29) is 11.9 Å². The molecule has 1 saturated carbocycles. The smallest absolute Gasteiger partial charge is 0.223 e. The Morgan fingerprint density at radius 1 is 1.15 bits per heavy atom. The minimum absolute atomic E-state index is 0.0955. The van der Waals surface area contributed by atoms with Crippen LogP contribution in [0.25, 0.3) is 0 Å². The zero-order chi connectivity index (χ0) is 15.0. The molecule has 116 valence electrons. The van der Waals surface area contributed by atoms with Crippen molar-refractivity contribution in [1.82, 2.24) is 5.32 Å². The number of hydrogen-bond acceptors (Lipinski definition) is 3. The molecule has 1 aliphatic carbocycles. The van der Waals surface area contributed by atoms with E-state index in [2.05, 4.69) is 12.2 Å². The Kier molecular flexibility index (Phi) is 7.63. The molecule has 1 rings (SSSR count). The quantitative estimate of drug-likeness (QED) is 0.692. The molecule has 0 unspecified atom stereocenters. The Bertz CT molecular complexity index is 317. The van der Waals surface area contributed by atoms with Crippen LogP contribution in [-0.2, 0) is 9.59 Å². The molecule has 0 aromatic heterocycles. The van der Waals surface area contributed by atoms with Crippen molar-refractivity contribution in [2.45, 2.75) is 77.7 Å². The van der Waals surface area contributed by atoms with Crippen molar-refractivity contribution < 1.29 is 14.7 Å². The van der Waals surface area contributed by atoms with Crippen molar-refractivity contribution in [3.05, 3.63) is 0 Å². The van der Waals surface area contributed by atoms with Gasteiger partial charge in [0, 0.05) is 23.8 Å². The standard InChI is InChI=1S/C16H29NO3/c1-3-4-5-6-9-12(2)17-15(18)13-10-7-8-11-14(13)16(19)20/h12-14H,3-11H2,1-2H3,(H,17,18)(H,19,20)/p-1/t12-,13-,14+/m1/s1. The fraction of sp³-hybridized carbons (Fsp3) is 0.875. The minimum atomic E-state index is -1.07. The molecular formula is C16H28NO3-. The minimum Gasteiger partial charge on any atom is -0.550 e. The van der Waals surface area contributed by atoms with E-state index in [0.29, 0.717) is 12.8 Å². The second-order valence-electron chi connectivity index (χ2n) is 6.08. The van der Waals surface area contributed by atoms with Crippen molar-refractivity contribution in [1.29, 1.82) is 0 Å². The first-order chi connectivity index (χ1) is 9.56. The number of carboxylic acids is 1. The molecule has 1 aliphatic rings. The lowest BCUT2D eigenvalue weighted by Gasteiger charge is -2.32.